The highest BCUT2D eigenvalue weighted by atomic mass is 32.2. The van der Waals surface area contributed by atoms with Crippen molar-refractivity contribution in [1.82, 2.24) is 14.8 Å². The second-order valence-corrected chi connectivity index (χ2v) is 6.52. The van der Waals surface area contributed by atoms with Crippen LogP contribution in [-0.4, -0.2) is 20.7 Å². The van der Waals surface area contributed by atoms with Gasteiger partial charge in [0.1, 0.15) is 5.82 Å². The van der Waals surface area contributed by atoms with Crippen molar-refractivity contribution in [3.63, 3.8) is 0 Å². The highest BCUT2D eigenvalue weighted by molar-refractivity contribution is 7.98. The number of hydrogen-bond donors (Lipinski definition) is 0. The molecule has 6 heteroatoms. The molecule has 128 valence electrons. The van der Waals surface area contributed by atoms with Gasteiger partial charge in [-0.1, -0.05) is 60.3 Å². The van der Waals surface area contributed by atoms with E-state index in [4.69, 9.17) is 0 Å². The summed E-state index contributed by atoms with van der Waals surface area (Å²) in [7, 11) is 0. The number of carbonyl (C=O) groups is 1. The van der Waals surface area contributed by atoms with Gasteiger partial charge in [-0.3, -0.25) is 0 Å². The highest BCUT2D eigenvalue weighted by Crippen LogP contribution is 2.23. The highest BCUT2D eigenvalue weighted by Gasteiger charge is 2.12. The van der Waals surface area contributed by atoms with Crippen LogP contribution in [0.1, 0.15) is 34.2 Å². The van der Waals surface area contributed by atoms with Crippen molar-refractivity contribution < 1.29 is 9.90 Å². The molecule has 1 heterocycles. The van der Waals surface area contributed by atoms with Gasteiger partial charge in [0.25, 0.3) is 0 Å². The molecule has 3 aromatic rings. The zero-order valence-electron chi connectivity index (χ0n) is 13.9. The lowest BCUT2D eigenvalue weighted by molar-refractivity contribution is -0.255. The first-order chi connectivity index (χ1) is 12.2. The van der Waals surface area contributed by atoms with Crippen LogP contribution >= 0.6 is 11.8 Å². The molecule has 0 aliphatic carbocycles. The number of carbonyl (C=O) groups excluding carboxylic acids is 1. The molecule has 5 nitrogen and oxygen atoms in total. The number of carboxylic acids is 1. The second kappa shape index (κ2) is 7.98. The minimum atomic E-state index is -1.16. The summed E-state index contributed by atoms with van der Waals surface area (Å²) in [5, 5.41) is 20.4. The predicted octanol–water partition coefficient (Wildman–Crippen LogP) is 2.54. The molecular weight excluding hydrogens is 334 g/mol. The third-order valence-corrected chi connectivity index (χ3v) is 4.88. The lowest BCUT2D eigenvalue weighted by atomic mass is 10.1. The van der Waals surface area contributed by atoms with Crippen LogP contribution < -0.4 is 5.11 Å². The molecule has 0 aliphatic rings. The molecule has 1 aromatic heterocycles. The molecule has 0 saturated carbocycles. The summed E-state index contributed by atoms with van der Waals surface area (Å²) >= 11 is 1.55. The lowest BCUT2D eigenvalue weighted by Crippen LogP contribution is -2.22. The van der Waals surface area contributed by atoms with Crippen molar-refractivity contribution in [2.24, 2.45) is 0 Å². The molecule has 0 radical (unpaired) electrons. The van der Waals surface area contributed by atoms with Gasteiger partial charge < -0.3 is 14.5 Å². The maximum atomic E-state index is 11.0. The molecule has 0 unspecified atom stereocenters. The third kappa shape index (κ3) is 4.28. The first kappa shape index (κ1) is 17.2. The normalized spacial score (nSPS) is 10.8. The fourth-order valence-corrected chi connectivity index (χ4v) is 3.55. The van der Waals surface area contributed by atoms with Crippen LogP contribution in [0.15, 0.2) is 59.8 Å². The molecule has 0 amide bonds. The number of carboxylic acid groups (broad SMARTS) is 1. The van der Waals surface area contributed by atoms with Crippen molar-refractivity contribution in [3.05, 3.63) is 77.1 Å². The molecule has 25 heavy (non-hydrogen) atoms. The maximum absolute atomic E-state index is 11.0. The average Bonchev–Trinajstić information content (AvgIpc) is 3.02. The maximum Gasteiger partial charge on any atom is 0.191 e. The van der Waals surface area contributed by atoms with Gasteiger partial charge in [0.15, 0.2) is 5.16 Å². The van der Waals surface area contributed by atoms with E-state index in [0.717, 1.165) is 29.5 Å². The number of rotatable bonds is 7. The summed E-state index contributed by atoms with van der Waals surface area (Å²) < 4.78 is 2.10. The number of nitrogens with zero attached hydrogens (tertiary/aromatic N) is 3. The van der Waals surface area contributed by atoms with E-state index in [-0.39, 0.29) is 5.56 Å². The first-order valence-corrected chi connectivity index (χ1v) is 9.05. The molecule has 0 atom stereocenters. The Morgan fingerprint density at radius 3 is 2.56 bits per heavy atom. The minimum Gasteiger partial charge on any atom is -0.545 e. The van der Waals surface area contributed by atoms with Gasteiger partial charge >= 0.3 is 0 Å². The summed E-state index contributed by atoms with van der Waals surface area (Å²) in [5.41, 5.74) is 2.31. The van der Waals surface area contributed by atoms with E-state index in [1.807, 2.05) is 24.3 Å². The van der Waals surface area contributed by atoms with E-state index in [9.17, 15) is 9.90 Å². The van der Waals surface area contributed by atoms with E-state index in [1.54, 1.807) is 23.9 Å². The van der Waals surface area contributed by atoms with Crippen LogP contribution in [0.4, 0.5) is 0 Å². The van der Waals surface area contributed by atoms with Crippen LogP contribution in [0.3, 0.4) is 0 Å². The second-order valence-electron chi connectivity index (χ2n) is 5.58. The largest absolute Gasteiger partial charge is 0.545 e. The summed E-state index contributed by atoms with van der Waals surface area (Å²) in [5.74, 6) is 0.401. The fraction of sp³-hybridized carbons (Fsp3) is 0.211. The minimum absolute atomic E-state index is 0.194. The van der Waals surface area contributed by atoms with Gasteiger partial charge in [-0.15, -0.1) is 10.2 Å². The molecule has 0 spiro atoms. The Morgan fingerprint density at radius 2 is 1.84 bits per heavy atom. The molecule has 0 fully saturated rings. The third-order valence-electron chi connectivity index (χ3n) is 3.85. The monoisotopic (exact) mass is 352 g/mol. The zero-order chi connectivity index (χ0) is 17.6. The van der Waals surface area contributed by atoms with Crippen molar-refractivity contribution in [2.45, 2.75) is 30.8 Å². The number of thioether (sulfide) groups is 1. The van der Waals surface area contributed by atoms with E-state index in [2.05, 4.69) is 33.8 Å². The quantitative estimate of drug-likeness (QED) is 0.611. The van der Waals surface area contributed by atoms with Crippen molar-refractivity contribution in [2.75, 3.05) is 0 Å². The molecule has 0 N–H and O–H groups in total. The average molecular weight is 352 g/mol. The molecule has 0 aliphatic heterocycles. The SMILES string of the molecule is CCn1c(Cc2ccccc2)nnc1SCc1cccc(C(=O)[O-])c1. The molecular formula is C19H18N3O2S-. The first-order valence-electron chi connectivity index (χ1n) is 8.06. The van der Waals surface area contributed by atoms with Gasteiger partial charge in [-0.2, -0.15) is 0 Å². The molecule has 3 rings (SSSR count). The molecule has 0 saturated heterocycles. The number of benzene rings is 2. The van der Waals surface area contributed by atoms with Crippen molar-refractivity contribution in [1.29, 1.82) is 0 Å². The predicted molar refractivity (Wildman–Crippen MR) is 95.3 cm³/mol. The van der Waals surface area contributed by atoms with Crippen molar-refractivity contribution >= 4 is 17.7 Å². The van der Waals surface area contributed by atoms with Gasteiger partial charge in [0.2, 0.25) is 0 Å². The van der Waals surface area contributed by atoms with Crippen molar-refractivity contribution in [3.8, 4) is 0 Å². The Balaban J connectivity index is 1.73. The van der Waals surface area contributed by atoms with E-state index in [0.29, 0.717) is 5.75 Å². The Hall–Kier alpha value is -2.60. The topological polar surface area (TPSA) is 70.8 Å². The Morgan fingerprint density at radius 1 is 1.08 bits per heavy atom. The lowest BCUT2D eigenvalue weighted by Gasteiger charge is -2.08. The Bertz CT molecular complexity index is 862. The van der Waals surface area contributed by atoms with Gasteiger partial charge in [-0.25, -0.2) is 0 Å². The summed E-state index contributed by atoms with van der Waals surface area (Å²) in [4.78, 5) is 11.0. The standard InChI is InChI=1S/C19H19N3O2S/c1-2-22-17(12-14-7-4-3-5-8-14)20-21-19(22)25-13-15-9-6-10-16(11-15)18(23)24/h3-11H,2,12-13H2,1H3,(H,23,24)/p-1. The Kier molecular flexibility index (Phi) is 5.50. The summed E-state index contributed by atoms with van der Waals surface area (Å²) in [6, 6.07) is 17.0. The van der Waals surface area contributed by atoms with Gasteiger partial charge in [0, 0.05) is 18.7 Å². The molecule has 2 aromatic carbocycles. The van der Waals surface area contributed by atoms with Crippen LogP contribution in [-0.2, 0) is 18.7 Å². The number of hydrogen-bond acceptors (Lipinski definition) is 5. The smallest absolute Gasteiger partial charge is 0.191 e. The summed E-state index contributed by atoms with van der Waals surface area (Å²) in [6.45, 7) is 2.86. The van der Waals surface area contributed by atoms with E-state index < -0.39 is 5.97 Å². The van der Waals surface area contributed by atoms with Crippen LogP contribution in [0, 0.1) is 0 Å². The van der Waals surface area contributed by atoms with Crippen LogP contribution in [0.25, 0.3) is 0 Å². The number of aromatic nitrogens is 3. The van der Waals surface area contributed by atoms with Gasteiger partial charge in [0.05, 0.1) is 5.97 Å². The summed E-state index contributed by atoms with van der Waals surface area (Å²) in [6.07, 6.45) is 0.739. The van der Waals surface area contributed by atoms with E-state index in [1.165, 1.54) is 11.6 Å². The Labute approximate surface area is 150 Å². The van der Waals surface area contributed by atoms with Crippen LogP contribution in [0.2, 0.25) is 0 Å². The van der Waals surface area contributed by atoms with Gasteiger partial charge in [-0.05, 0) is 29.7 Å². The number of aromatic carboxylic acids is 1. The van der Waals surface area contributed by atoms with Crippen LogP contribution in [0.5, 0.6) is 0 Å². The fourth-order valence-electron chi connectivity index (χ4n) is 2.59. The zero-order valence-corrected chi connectivity index (χ0v) is 14.7. The molecule has 0 bridgehead atoms. The van der Waals surface area contributed by atoms with E-state index >= 15 is 0 Å².